The van der Waals surface area contributed by atoms with Gasteiger partial charge in [0.2, 0.25) is 0 Å². The molecule has 0 heterocycles. The second-order valence-electron chi connectivity index (χ2n) is 3.82. The summed E-state index contributed by atoms with van der Waals surface area (Å²) < 4.78 is 0. The summed E-state index contributed by atoms with van der Waals surface area (Å²) in [5.41, 5.74) is 6.48. The Morgan fingerprint density at radius 3 is 2.59 bits per heavy atom. The van der Waals surface area contributed by atoms with Gasteiger partial charge in [-0.2, -0.15) is 0 Å². The van der Waals surface area contributed by atoms with E-state index in [9.17, 15) is 15.2 Å². The topological polar surface area (TPSA) is 89.4 Å². The minimum Gasteiger partial charge on any atom is -0.502 e. The number of nitrogens with zero attached hydrogens (tertiary/aromatic N) is 1. The van der Waals surface area contributed by atoms with E-state index in [1.54, 1.807) is 19.1 Å². The quantitative estimate of drug-likeness (QED) is 0.643. The second-order valence-corrected chi connectivity index (χ2v) is 3.82. The Kier molecular flexibility index (Phi) is 5.91. The molecule has 0 fully saturated rings. The van der Waals surface area contributed by atoms with Crippen LogP contribution < -0.4 is 5.73 Å². The number of aromatic hydroxyl groups is 1. The molecule has 0 aliphatic heterocycles. The van der Waals surface area contributed by atoms with E-state index in [-0.39, 0.29) is 29.9 Å². The van der Waals surface area contributed by atoms with E-state index in [1.165, 1.54) is 0 Å². The number of halogens is 1. The Bertz CT molecular complexity index is 410. The molecule has 0 aliphatic carbocycles. The number of phenols is 1. The predicted molar refractivity (Wildman–Crippen MR) is 68.6 cm³/mol. The summed E-state index contributed by atoms with van der Waals surface area (Å²) >= 11 is 0. The lowest BCUT2D eigenvalue weighted by Crippen LogP contribution is -2.10. The minimum absolute atomic E-state index is 0. The molecule has 0 saturated heterocycles. The van der Waals surface area contributed by atoms with Gasteiger partial charge in [-0.15, -0.1) is 12.4 Å². The molecule has 1 aromatic rings. The van der Waals surface area contributed by atoms with Crippen LogP contribution in [0.3, 0.4) is 0 Å². The van der Waals surface area contributed by atoms with Crippen molar-refractivity contribution in [3.8, 4) is 5.75 Å². The molecule has 3 N–H and O–H groups in total. The Balaban J connectivity index is 0.00000256. The number of aryl methyl sites for hydroxylation is 1. The van der Waals surface area contributed by atoms with E-state index in [2.05, 4.69) is 0 Å². The van der Waals surface area contributed by atoms with Crippen LogP contribution in [-0.2, 0) is 0 Å². The van der Waals surface area contributed by atoms with E-state index < -0.39 is 4.92 Å². The monoisotopic (exact) mass is 260 g/mol. The van der Waals surface area contributed by atoms with Gasteiger partial charge in [-0.3, -0.25) is 10.1 Å². The van der Waals surface area contributed by atoms with E-state index in [1.807, 2.05) is 6.92 Å². The zero-order valence-electron chi connectivity index (χ0n) is 9.84. The molecule has 1 rings (SSSR count). The number of benzene rings is 1. The number of nitro benzene ring substituents is 1. The highest BCUT2D eigenvalue weighted by atomic mass is 35.5. The van der Waals surface area contributed by atoms with Crippen LogP contribution >= 0.6 is 12.4 Å². The highest BCUT2D eigenvalue weighted by molar-refractivity contribution is 5.85. The van der Waals surface area contributed by atoms with Crippen LogP contribution in [-0.4, -0.2) is 10.0 Å². The highest BCUT2D eigenvalue weighted by Gasteiger charge is 2.22. The van der Waals surface area contributed by atoms with E-state index in [0.717, 1.165) is 6.42 Å². The number of hydrogen-bond donors (Lipinski definition) is 2. The lowest BCUT2D eigenvalue weighted by Gasteiger charge is -2.13. The predicted octanol–water partition coefficient (Wildman–Crippen LogP) is 2.83. The number of hydrogen-bond acceptors (Lipinski definition) is 4. The highest BCUT2D eigenvalue weighted by Crippen LogP contribution is 2.36. The van der Waals surface area contributed by atoms with Gasteiger partial charge in [-0.1, -0.05) is 25.5 Å². The molecule has 0 spiro atoms. The van der Waals surface area contributed by atoms with Crippen molar-refractivity contribution >= 4 is 18.1 Å². The maximum atomic E-state index is 10.8. The van der Waals surface area contributed by atoms with Gasteiger partial charge in [-0.25, -0.2) is 0 Å². The molecule has 1 atom stereocenters. The van der Waals surface area contributed by atoms with Crippen molar-refractivity contribution in [2.24, 2.45) is 5.73 Å². The van der Waals surface area contributed by atoms with Gasteiger partial charge in [-0.05, 0) is 13.3 Å². The SMILES string of the molecule is CCC[C@@H](N)c1ccc(C)c([N+](=O)[O-])c1O.Cl. The molecule has 0 bridgehead atoms. The zero-order valence-corrected chi connectivity index (χ0v) is 10.7. The third-order valence-electron chi connectivity index (χ3n) is 2.57. The first-order valence-electron chi connectivity index (χ1n) is 5.21. The first kappa shape index (κ1) is 15.7. The fourth-order valence-corrected chi connectivity index (χ4v) is 1.69. The average Bonchev–Trinajstić information content (AvgIpc) is 2.17. The molecule has 1 aromatic carbocycles. The fraction of sp³-hybridized carbons (Fsp3) is 0.455. The summed E-state index contributed by atoms with van der Waals surface area (Å²) in [5, 5.41) is 20.6. The molecule has 0 aromatic heterocycles. The Morgan fingerprint density at radius 1 is 1.53 bits per heavy atom. The third-order valence-corrected chi connectivity index (χ3v) is 2.57. The first-order chi connectivity index (χ1) is 7.49. The summed E-state index contributed by atoms with van der Waals surface area (Å²) in [6.45, 7) is 3.56. The third kappa shape index (κ3) is 3.31. The smallest absolute Gasteiger partial charge is 0.313 e. The molecular weight excluding hydrogens is 244 g/mol. The summed E-state index contributed by atoms with van der Waals surface area (Å²) in [5.74, 6) is -0.300. The Morgan fingerprint density at radius 2 is 2.12 bits per heavy atom. The lowest BCUT2D eigenvalue weighted by atomic mass is 9.99. The Hall–Kier alpha value is -1.33. The standard InChI is InChI=1S/C11H16N2O3.ClH/c1-3-4-9(12)8-6-5-7(2)10(11(8)14)13(15)16;/h5-6,9,14H,3-4,12H2,1-2H3;1H/t9-;/m1./s1. The largest absolute Gasteiger partial charge is 0.502 e. The van der Waals surface area contributed by atoms with Crippen molar-refractivity contribution in [3.05, 3.63) is 33.4 Å². The van der Waals surface area contributed by atoms with Gasteiger partial charge in [0.25, 0.3) is 0 Å². The van der Waals surface area contributed by atoms with Crippen LogP contribution in [0.1, 0.15) is 36.9 Å². The van der Waals surface area contributed by atoms with Gasteiger partial charge >= 0.3 is 5.69 Å². The maximum Gasteiger partial charge on any atom is 0.313 e. The van der Waals surface area contributed by atoms with Crippen molar-refractivity contribution < 1.29 is 10.0 Å². The second kappa shape index (κ2) is 6.42. The van der Waals surface area contributed by atoms with Gasteiger partial charge < -0.3 is 10.8 Å². The number of rotatable bonds is 4. The zero-order chi connectivity index (χ0) is 12.3. The van der Waals surface area contributed by atoms with Crippen molar-refractivity contribution in [3.63, 3.8) is 0 Å². The van der Waals surface area contributed by atoms with Gasteiger partial charge in [0.05, 0.1) is 4.92 Å². The average molecular weight is 261 g/mol. The van der Waals surface area contributed by atoms with Gasteiger partial charge in [0, 0.05) is 17.2 Å². The van der Waals surface area contributed by atoms with E-state index >= 15 is 0 Å². The molecule has 0 unspecified atom stereocenters. The van der Waals surface area contributed by atoms with E-state index in [0.29, 0.717) is 17.5 Å². The molecule has 0 amide bonds. The summed E-state index contributed by atoms with van der Waals surface area (Å²) in [7, 11) is 0. The molecule has 0 saturated carbocycles. The van der Waals surface area contributed by atoms with Gasteiger partial charge in [0.1, 0.15) is 0 Å². The van der Waals surface area contributed by atoms with Crippen molar-refractivity contribution in [2.45, 2.75) is 32.7 Å². The lowest BCUT2D eigenvalue weighted by molar-refractivity contribution is -0.386. The maximum absolute atomic E-state index is 10.8. The molecule has 0 radical (unpaired) electrons. The van der Waals surface area contributed by atoms with Crippen molar-refractivity contribution in [2.75, 3.05) is 0 Å². The fourth-order valence-electron chi connectivity index (χ4n) is 1.69. The van der Waals surface area contributed by atoms with Crippen LogP contribution in [0, 0.1) is 17.0 Å². The van der Waals surface area contributed by atoms with Crippen LogP contribution in [0.15, 0.2) is 12.1 Å². The molecule has 17 heavy (non-hydrogen) atoms. The van der Waals surface area contributed by atoms with Crippen LogP contribution in [0.25, 0.3) is 0 Å². The summed E-state index contributed by atoms with van der Waals surface area (Å²) in [4.78, 5) is 10.2. The number of nitrogens with two attached hydrogens (primary N) is 1. The molecular formula is C11H17ClN2O3. The molecule has 96 valence electrons. The number of nitro groups is 1. The normalized spacial score (nSPS) is 11.7. The van der Waals surface area contributed by atoms with Crippen LogP contribution in [0.4, 0.5) is 5.69 Å². The van der Waals surface area contributed by atoms with Crippen molar-refractivity contribution in [1.82, 2.24) is 0 Å². The first-order valence-corrected chi connectivity index (χ1v) is 5.21. The van der Waals surface area contributed by atoms with Crippen molar-refractivity contribution in [1.29, 1.82) is 0 Å². The summed E-state index contributed by atoms with van der Waals surface area (Å²) in [6.07, 6.45) is 1.55. The van der Waals surface area contributed by atoms with Crippen LogP contribution in [0.5, 0.6) is 5.75 Å². The molecule has 5 nitrogen and oxygen atoms in total. The van der Waals surface area contributed by atoms with E-state index in [4.69, 9.17) is 5.73 Å². The molecule has 6 heteroatoms. The molecule has 0 aliphatic rings. The summed E-state index contributed by atoms with van der Waals surface area (Å²) in [6, 6.07) is 2.91. The van der Waals surface area contributed by atoms with Gasteiger partial charge in [0.15, 0.2) is 5.75 Å². The van der Waals surface area contributed by atoms with Crippen LogP contribution in [0.2, 0.25) is 0 Å². The Labute approximate surface area is 106 Å². The number of phenolic OH excluding ortho intramolecular Hbond substituents is 1. The minimum atomic E-state index is -0.577.